The van der Waals surface area contributed by atoms with Crippen LogP contribution in [0.5, 0.6) is 0 Å². The topological polar surface area (TPSA) is 67.8 Å². The van der Waals surface area contributed by atoms with Crippen molar-refractivity contribution in [3.8, 4) is 0 Å². The summed E-state index contributed by atoms with van der Waals surface area (Å²) in [6.07, 6.45) is 3.93. The van der Waals surface area contributed by atoms with Crippen molar-refractivity contribution in [2.75, 3.05) is 36.1 Å². The molecular weight excluding hydrogens is 296 g/mol. The van der Waals surface area contributed by atoms with Gasteiger partial charge in [0.2, 0.25) is 5.95 Å². The number of carbonyl (C=O) groups excluding carboxylic acids is 1. The Morgan fingerprint density at radius 1 is 1.17 bits per heavy atom. The second-order valence-electron chi connectivity index (χ2n) is 6.41. The van der Waals surface area contributed by atoms with Crippen molar-refractivity contribution >= 4 is 17.9 Å². The van der Waals surface area contributed by atoms with Crippen LogP contribution in [0, 0.1) is 6.92 Å². The van der Waals surface area contributed by atoms with Crippen molar-refractivity contribution in [2.45, 2.75) is 44.8 Å². The number of nitrogens with zero attached hydrogens (tertiary/aromatic N) is 4. The molecule has 0 spiro atoms. The summed E-state index contributed by atoms with van der Waals surface area (Å²) in [5.41, 5.74) is 0.864. The van der Waals surface area contributed by atoms with Crippen LogP contribution in [-0.2, 0) is 9.47 Å². The van der Waals surface area contributed by atoms with E-state index in [0.717, 1.165) is 44.5 Å². The summed E-state index contributed by atoms with van der Waals surface area (Å²) in [5, 5.41) is 0. The van der Waals surface area contributed by atoms with Gasteiger partial charge in [-0.05, 0) is 26.2 Å². The zero-order valence-electron chi connectivity index (χ0n) is 13.4. The minimum atomic E-state index is -0.270. The molecule has 23 heavy (non-hydrogen) atoms. The fourth-order valence-electron chi connectivity index (χ4n) is 3.66. The number of fused-ring (bicyclic) bond motifs is 1. The highest BCUT2D eigenvalue weighted by Gasteiger charge is 2.44. The van der Waals surface area contributed by atoms with Crippen molar-refractivity contribution in [1.29, 1.82) is 0 Å². The second kappa shape index (κ2) is 5.96. The Morgan fingerprint density at radius 2 is 1.96 bits per heavy atom. The fraction of sp³-hybridized carbons (Fsp3) is 0.688. The third-order valence-electron chi connectivity index (χ3n) is 4.82. The maximum absolute atomic E-state index is 12.3. The number of morpholine rings is 1. The minimum absolute atomic E-state index is 0.0124. The van der Waals surface area contributed by atoms with E-state index in [1.165, 1.54) is 0 Å². The van der Waals surface area contributed by atoms with Gasteiger partial charge < -0.3 is 14.4 Å². The lowest BCUT2D eigenvalue weighted by Gasteiger charge is -2.30. The summed E-state index contributed by atoms with van der Waals surface area (Å²) in [6.45, 7) is 4.86. The van der Waals surface area contributed by atoms with Crippen LogP contribution in [0.3, 0.4) is 0 Å². The van der Waals surface area contributed by atoms with E-state index in [2.05, 4.69) is 14.9 Å². The van der Waals surface area contributed by atoms with Crippen molar-refractivity contribution in [3.63, 3.8) is 0 Å². The number of hydrogen-bond donors (Lipinski definition) is 0. The zero-order valence-corrected chi connectivity index (χ0v) is 13.4. The lowest BCUT2D eigenvalue weighted by Crippen LogP contribution is -2.40. The Balaban J connectivity index is 1.65. The number of aromatic nitrogens is 2. The quantitative estimate of drug-likeness (QED) is 0.829. The molecule has 1 aromatic heterocycles. The Kier molecular flexibility index (Phi) is 3.80. The lowest BCUT2D eigenvalue weighted by atomic mass is 9.92. The first-order valence-corrected chi connectivity index (χ1v) is 8.40. The van der Waals surface area contributed by atoms with Gasteiger partial charge >= 0.3 is 6.09 Å². The van der Waals surface area contributed by atoms with Crippen LogP contribution in [-0.4, -0.2) is 54.5 Å². The van der Waals surface area contributed by atoms with Crippen LogP contribution < -0.4 is 9.80 Å². The maximum Gasteiger partial charge on any atom is 0.416 e. The molecule has 2 aliphatic heterocycles. The number of ether oxygens (including phenoxy) is 2. The van der Waals surface area contributed by atoms with Crippen LogP contribution >= 0.6 is 0 Å². The molecule has 1 aliphatic carbocycles. The van der Waals surface area contributed by atoms with Gasteiger partial charge in [0.25, 0.3) is 0 Å². The van der Waals surface area contributed by atoms with Gasteiger partial charge in [0.05, 0.1) is 19.3 Å². The third kappa shape index (κ3) is 2.73. The van der Waals surface area contributed by atoms with Crippen molar-refractivity contribution in [1.82, 2.24) is 9.97 Å². The summed E-state index contributed by atoms with van der Waals surface area (Å²) in [7, 11) is 0. The van der Waals surface area contributed by atoms with Crippen LogP contribution in [0.1, 0.15) is 31.4 Å². The van der Waals surface area contributed by atoms with E-state index in [9.17, 15) is 4.79 Å². The summed E-state index contributed by atoms with van der Waals surface area (Å²) >= 11 is 0. The van der Waals surface area contributed by atoms with E-state index in [1.54, 1.807) is 4.90 Å². The van der Waals surface area contributed by atoms with Gasteiger partial charge in [0.15, 0.2) is 0 Å². The Hall–Kier alpha value is -1.89. The maximum atomic E-state index is 12.3. The Labute approximate surface area is 135 Å². The monoisotopic (exact) mass is 318 g/mol. The van der Waals surface area contributed by atoms with Gasteiger partial charge in [-0.15, -0.1) is 0 Å². The minimum Gasteiger partial charge on any atom is -0.444 e. The van der Waals surface area contributed by atoms with E-state index in [1.807, 2.05) is 13.0 Å². The van der Waals surface area contributed by atoms with Crippen molar-refractivity contribution in [3.05, 3.63) is 11.8 Å². The predicted molar refractivity (Wildman–Crippen MR) is 84.8 cm³/mol. The third-order valence-corrected chi connectivity index (χ3v) is 4.82. The molecular formula is C16H22N4O3. The Morgan fingerprint density at radius 3 is 2.78 bits per heavy atom. The zero-order chi connectivity index (χ0) is 15.8. The highest BCUT2D eigenvalue weighted by Crippen LogP contribution is 2.35. The van der Waals surface area contributed by atoms with Gasteiger partial charge in [0.1, 0.15) is 11.9 Å². The van der Waals surface area contributed by atoms with Gasteiger partial charge in [-0.3, -0.25) is 4.90 Å². The average Bonchev–Trinajstić information content (AvgIpc) is 2.91. The standard InChI is InChI=1S/C16H22N4O3/c1-11-10-14(18-15(17-11)19-6-8-22-9-7-19)20-12-4-2-3-5-13(12)23-16(20)21/h10,12-13H,2-9H2,1H3. The van der Waals surface area contributed by atoms with Gasteiger partial charge in [-0.1, -0.05) is 6.42 Å². The molecule has 0 N–H and O–H groups in total. The average molecular weight is 318 g/mol. The van der Waals surface area contributed by atoms with E-state index in [-0.39, 0.29) is 18.2 Å². The van der Waals surface area contributed by atoms with Gasteiger partial charge in [-0.2, -0.15) is 4.98 Å². The van der Waals surface area contributed by atoms with Crippen LogP contribution in [0.2, 0.25) is 0 Å². The predicted octanol–water partition coefficient (Wildman–Crippen LogP) is 1.89. The van der Waals surface area contributed by atoms with Crippen LogP contribution in [0.25, 0.3) is 0 Å². The SMILES string of the molecule is Cc1cc(N2C(=O)OC3CCCCC32)nc(N2CCOCC2)n1. The summed E-state index contributed by atoms with van der Waals surface area (Å²) in [4.78, 5) is 25.4. The number of anilines is 2. The highest BCUT2D eigenvalue weighted by atomic mass is 16.6. The first-order chi connectivity index (χ1) is 11.2. The smallest absolute Gasteiger partial charge is 0.416 e. The Bertz CT molecular complexity index is 603. The molecule has 3 heterocycles. The van der Waals surface area contributed by atoms with Crippen LogP contribution in [0.4, 0.5) is 16.6 Å². The van der Waals surface area contributed by atoms with Gasteiger partial charge in [-0.25, -0.2) is 9.78 Å². The van der Waals surface area contributed by atoms with E-state index >= 15 is 0 Å². The number of amides is 1. The molecule has 7 heteroatoms. The molecule has 0 radical (unpaired) electrons. The molecule has 3 fully saturated rings. The molecule has 3 aliphatic rings. The molecule has 2 unspecified atom stereocenters. The van der Waals surface area contributed by atoms with E-state index in [0.29, 0.717) is 25.0 Å². The number of hydrogen-bond acceptors (Lipinski definition) is 6. The summed E-state index contributed by atoms with van der Waals surface area (Å²) in [6, 6.07) is 1.99. The largest absolute Gasteiger partial charge is 0.444 e. The number of carbonyl (C=O) groups is 1. The normalized spacial score (nSPS) is 27.8. The number of aryl methyl sites for hydroxylation is 1. The van der Waals surface area contributed by atoms with E-state index in [4.69, 9.17) is 9.47 Å². The number of rotatable bonds is 2. The molecule has 0 aromatic carbocycles. The molecule has 1 saturated carbocycles. The molecule has 1 amide bonds. The molecule has 1 aromatic rings. The van der Waals surface area contributed by atoms with Crippen molar-refractivity contribution in [2.24, 2.45) is 0 Å². The lowest BCUT2D eigenvalue weighted by molar-refractivity contribution is 0.113. The molecule has 0 bridgehead atoms. The summed E-state index contributed by atoms with van der Waals surface area (Å²) in [5.74, 6) is 1.34. The first-order valence-electron chi connectivity index (χ1n) is 8.40. The molecule has 2 atom stereocenters. The summed E-state index contributed by atoms with van der Waals surface area (Å²) < 4.78 is 10.9. The highest BCUT2D eigenvalue weighted by molar-refractivity contribution is 5.89. The van der Waals surface area contributed by atoms with Gasteiger partial charge in [0, 0.05) is 24.8 Å². The molecule has 2 saturated heterocycles. The fourth-order valence-corrected chi connectivity index (χ4v) is 3.66. The molecule has 4 rings (SSSR count). The van der Waals surface area contributed by atoms with Crippen LogP contribution in [0.15, 0.2) is 6.07 Å². The van der Waals surface area contributed by atoms with E-state index < -0.39 is 0 Å². The molecule has 7 nitrogen and oxygen atoms in total. The first kappa shape index (κ1) is 14.7. The molecule has 124 valence electrons. The second-order valence-corrected chi connectivity index (χ2v) is 6.41. The van der Waals surface area contributed by atoms with Crippen molar-refractivity contribution < 1.29 is 14.3 Å².